The summed E-state index contributed by atoms with van der Waals surface area (Å²) in [4.78, 5) is 22.8. The Labute approximate surface area is 113 Å². The molecule has 0 aromatic heterocycles. The fourth-order valence-electron chi connectivity index (χ4n) is 2.08. The monoisotopic (exact) mass is 272 g/mol. The molecule has 1 rings (SSSR count). The summed E-state index contributed by atoms with van der Waals surface area (Å²) < 4.78 is 5.07. The number of hydrogen-bond acceptors (Lipinski definition) is 4. The Morgan fingerprint density at radius 2 is 2.11 bits per heavy atom. The first-order valence-corrected chi connectivity index (χ1v) is 6.73. The Kier molecular flexibility index (Phi) is 5.60. The topological polar surface area (TPSA) is 87.7 Å². The predicted molar refractivity (Wildman–Crippen MR) is 71.1 cm³/mol. The van der Waals surface area contributed by atoms with Gasteiger partial charge in [0.05, 0.1) is 0 Å². The van der Waals surface area contributed by atoms with Crippen LogP contribution >= 0.6 is 0 Å². The number of ether oxygens (including phenoxy) is 1. The molecule has 1 saturated heterocycles. The van der Waals surface area contributed by atoms with Crippen molar-refractivity contribution in [2.75, 3.05) is 6.54 Å². The summed E-state index contributed by atoms with van der Waals surface area (Å²) in [6.07, 6.45) is 2.86. The van der Waals surface area contributed by atoms with Crippen molar-refractivity contribution in [2.24, 2.45) is 0 Å². The van der Waals surface area contributed by atoms with Crippen LogP contribution < -0.4 is 10.6 Å². The van der Waals surface area contributed by atoms with Gasteiger partial charge in [-0.3, -0.25) is 0 Å². The van der Waals surface area contributed by atoms with Crippen LogP contribution in [0.5, 0.6) is 0 Å². The van der Waals surface area contributed by atoms with Crippen molar-refractivity contribution in [3.63, 3.8) is 0 Å². The standard InChI is InChI=1S/C13H24N2O4/c1-13(2,3)19-12(18)15-10(11(16)17)8-9-6-4-5-7-14-9/h9-10,14H,4-8H2,1-3H3,(H,15,18)(H,16,17)/t9?,10-/m1/s1. The maximum absolute atomic E-state index is 11.6. The highest BCUT2D eigenvalue weighted by Gasteiger charge is 2.27. The lowest BCUT2D eigenvalue weighted by Crippen LogP contribution is -2.48. The van der Waals surface area contributed by atoms with Crippen LogP contribution in [-0.2, 0) is 9.53 Å². The largest absolute Gasteiger partial charge is 0.480 e. The molecule has 0 aromatic carbocycles. The van der Waals surface area contributed by atoms with E-state index >= 15 is 0 Å². The maximum atomic E-state index is 11.6. The highest BCUT2D eigenvalue weighted by atomic mass is 16.6. The van der Waals surface area contributed by atoms with Crippen LogP contribution in [0.15, 0.2) is 0 Å². The van der Waals surface area contributed by atoms with E-state index in [0.717, 1.165) is 25.8 Å². The smallest absolute Gasteiger partial charge is 0.408 e. The molecule has 3 N–H and O–H groups in total. The van der Waals surface area contributed by atoms with Gasteiger partial charge in [-0.25, -0.2) is 9.59 Å². The molecule has 1 fully saturated rings. The predicted octanol–water partition coefficient (Wildman–Crippen LogP) is 1.50. The molecule has 6 nitrogen and oxygen atoms in total. The van der Waals surface area contributed by atoms with Crippen molar-refractivity contribution in [3.05, 3.63) is 0 Å². The second kappa shape index (κ2) is 6.75. The molecular formula is C13H24N2O4. The van der Waals surface area contributed by atoms with E-state index in [2.05, 4.69) is 10.6 Å². The van der Waals surface area contributed by atoms with Gasteiger partial charge in [-0.15, -0.1) is 0 Å². The van der Waals surface area contributed by atoms with Crippen molar-refractivity contribution >= 4 is 12.1 Å². The van der Waals surface area contributed by atoms with Crippen molar-refractivity contribution in [1.82, 2.24) is 10.6 Å². The zero-order valence-electron chi connectivity index (χ0n) is 11.9. The summed E-state index contributed by atoms with van der Waals surface area (Å²) in [7, 11) is 0. The number of carbonyl (C=O) groups is 2. The molecule has 0 bridgehead atoms. The Morgan fingerprint density at radius 1 is 1.42 bits per heavy atom. The van der Waals surface area contributed by atoms with Crippen LogP contribution in [0.2, 0.25) is 0 Å². The van der Waals surface area contributed by atoms with Gasteiger partial charge in [-0.2, -0.15) is 0 Å². The van der Waals surface area contributed by atoms with Gasteiger partial charge in [-0.05, 0) is 46.6 Å². The molecule has 19 heavy (non-hydrogen) atoms. The zero-order chi connectivity index (χ0) is 14.5. The Balaban J connectivity index is 2.48. The minimum atomic E-state index is -1.03. The molecule has 0 saturated carbocycles. The third-order valence-electron chi connectivity index (χ3n) is 2.92. The summed E-state index contributed by atoms with van der Waals surface area (Å²) in [6.45, 7) is 6.13. The SMILES string of the molecule is CC(C)(C)OC(=O)N[C@H](CC1CCCCN1)C(=O)O. The van der Waals surface area contributed by atoms with Crippen LogP contribution in [-0.4, -0.2) is 41.4 Å². The van der Waals surface area contributed by atoms with E-state index in [1.165, 1.54) is 0 Å². The average molecular weight is 272 g/mol. The lowest BCUT2D eigenvalue weighted by Gasteiger charge is -2.27. The quantitative estimate of drug-likeness (QED) is 0.722. The summed E-state index contributed by atoms with van der Waals surface area (Å²) in [5, 5.41) is 14.8. The van der Waals surface area contributed by atoms with E-state index in [4.69, 9.17) is 9.84 Å². The number of carboxylic acid groups (broad SMARTS) is 1. The minimum absolute atomic E-state index is 0.143. The van der Waals surface area contributed by atoms with E-state index < -0.39 is 23.7 Å². The second-order valence-electron chi connectivity index (χ2n) is 5.92. The van der Waals surface area contributed by atoms with E-state index in [9.17, 15) is 9.59 Å². The number of alkyl carbamates (subject to hydrolysis) is 1. The molecule has 6 heteroatoms. The summed E-state index contributed by atoms with van der Waals surface area (Å²) in [5.41, 5.74) is -0.629. The first-order chi connectivity index (χ1) is 8.78. The number of hydrogen-bond donors (Lipinski definition) is 3. The Morgan fingerprint density at radius 3 is 2.58 bits per heavy atom. The van der Waals surface area contributed by atoms with Gasteiger partial charge in [0.15, 0.2) is 0 Å². The highest BCUT2D eigenvalue weighted by Crippen LogP contribution is 2.13. The van der Waals surface area contributed by atoms with Gasteiger partial charge < -0.3 is 20.5 Å². The van der Waals surface area contributed by atoms with E-state index in [1.807, 2.05) is 0 Å². The molecule has 1 aliphatic rings. The summed E-state index contributed by atoms with van der Waals surface area (Å²) in [5.74, 6) is -1.03. The molecular weight excluding hydrogens is 248 g/mol. The minimum Gasteiger partial charge on any atom is -0.480 e. The molecule has 1 amide bonds. The van der Waals surface area contributed by atoms with Gasteiger partial charge in [0.1, 0.15) is 11.6 Å². The van der Waals surface area contributed by atoms with Crippen LogP contribution in [0.1, 0.15) is 46.5 Å². The second-order valence-corrected chi connectivity index (χ2v) is 5.92. The van der Waals surface area contributed by atoms with Crippen molar-refractivity contribution in [2.45, 2.75) is 64.1 Å². The van der Waals surface area contributed by atoms with Crippen LogP contribution in [0.3, 0.4) is 0 Å². The van der Waals surface area contributed by atoms with Crippen molar-refractivity contribution in [3.8, 4) is 0 Å². The van der Waals surface area contributed by atoms with Crippen molar-refractivity contribution < 1.29 is 19.4 Å². The third-order valence-corrected chi connectivity index (χ3v) is 2.92. The highest BCUT2D eigenvalue weighted by molar-refractivity contribution is 5.80. The van der Waals surface area contributed by atoms with Gasteiger partial charge in [0.25, 0.3) is 0 Å². The molecule has 1 heterocycles. The fourth-order valence-corrected chi connectivity index (χ4v) is 2.08. The first kappa shape index (κ1) is 15.8. The van der Waals surface area contributed by atoms with Crippen LogP contribution in [0.4, 0.5) is 4.79 Å². The van der Waals surface area contributed by atoms with Crippen molar-refractivity contribution in [1.29, 1.82) is 0 Å². The van der Waals surface area contributed by atoms with E-state index in [-0.39, 0.29) is 6.04 Å². The fraction of sp³-hybridized carbons (Fsp3) is 0.846. The molecule has 1 aliphatic heterocycles. The Hall–Kier alpha value is -1.30. The molecule has 1 unspecified atom stereocenters. The molecule has 0 radical (unpaired) electrons. The van der Waals surface area contributed by atoms with Gasteiger partial charge in [0, 0.05) is 6.04 Å². The number of rotatable bonds is 4. The first-order valence-electron chi connectivity index (χ1n) is 6.73. The summed E-state index contributed by atoms with van der Waals surface area (Å²) in [6, 6.07) is -0.768. The summed E-state index contributed by atoms with van der Waals surface area (Å²) >= 11 is 0. The molecule has 110 valence electrons. The van der Waals surface area contributed by atoms with Gasteiger partial charge >= 0.3 is 12.1 Å². The number of carbonyl (C=O) groups excluding carboxylic acids is 1. The number of carboxylic acids is 1. The number of aliphatic carboxylic acids is 1. The number of piperidine rings is 1. The third kappa shape index (κ3) is 6.42. The Bertz CT molecular complexity index is 319. The van der Waals surface area contributed by atoms with E-state index in [0.29, 0.717) is 6.42 Å². The molecule has 0 aliphatic carbocycles. The maximum Gasteiger partial charge on any atom is 0.408 e. The zero-order valence-corrected chi connectivity index (χ0v) is 11.9. The van der Waals surface area contributed by atoms with Crippen LogP contribution in [0, 0.1) is 0 Å². The van der Waals surface area contributed by atoms with E-state index in [1.54, 1.807) is 20.8 Å². The van der Waals surface area contributed by atoms with Gasteiger partial charge in [0.2, 0.25) is 0 Å². The van der Waals surface area contributed by atoms with Gasteiger partial charge in [-0.1, -0.05) is 6.42 Å². The number of amides is 1. The molecule has 2 atom stereocenters. The normalized spacial score (nSPS) is 21.5. The van der Waals surface area contributed by atoms with Crippen LogP contribution in [0.25, 0.3) is 0 Å². The lowest BCUT2D eigenvalue weighted by molar-refractivity contribution is -0.139. The lowest BCUT2D eigenvalue weighted by atomic mass is 9.98. The number of nitrogens with one attached hydrogen (secondary N) is 2. The average Bonchev–Trinajstić information content (AvgIpc) is 2.26. The molecule has 0 spiro atoms. The molecule has 0 aromatic rings.